The Morgan fingerprint density at radius 1 is 1.54 bits per heavy atom. The molecule has 3 aromatic rings. The predicted octanol–water partition coefficient (Wildman–Crippen LogP) is 4.53. The Balaban J connectivity index is 2.00. The van der Waals surface area contributed by atoms with Crippen LogP contribution in [0.4, 0.5) is 10.1 Å². The van der Waals surface area contributed by atoms with Gasteiger partial charge < -0.3 is 15.0 Å². The van der Waals surface area contributed by atoms with Crippen LogP contribution in [0.2, 0.25) is 0 Å². The Bertz CT molecular complexity index is 977. The molecule has 7 heteroatoms. The van der Waals surface area contributed by atoms with Crippen LogP contribution in [0.5, 0.6) is 0 Å². The van der Waals surface area contributed by atoms with Gasteiger partial charge in [-0.15, -0.1) is 11.3 Å². The number of aryl methyl sites for hydroxylation is 1. The van der Waals surface area contributed by atoms with Gasteiger partial charge in [0.15, 0.2) is 0 Å². The number of carbonyl (C=O) groups is 1. The number of thiazole rings is 1. The van der Waals surface area contributed by atoms with Crippen LogP contribution in [0.15, 0.2) is 37.1 Å². The van der Waals surface area contributed by atoms with Crippen molar-refractivity contribution in [3.05, 3.63) is 47.6 Å². The number of ether oxygens (including phenoxy) is 1. The first-order valence-electron chi connectivity index (χ1n) is 8.18. The lowest BCUT2D eigenvalue weighted by atomic mass is 10.1. The number of halogens is 1. The van der Waals surface area contributed by atoms with Gasteiger partial charge >= 0.3 is 5.97 Å². The van der Waals surface area contributed by atoms with Crippen LogP contribution in [-0.4, -0.2) is 28.8 Å². The average molecular weight is 373 g/mol. The predicted molar refractivity (Wildman–Crippen MR) is 103 cm³/mol. The highest BCUT2D eigenvalue weighted by atomic mass is 32.1. The molecular formula is C19H20FN3O2S. The van der Waals surface area contributed by atoms with Crippen molar-refractivity contribution in [3.63, 3.8) is 0 Å². The Morgan fingerprint density at radius 2 is 2.31 bits per heavy atom. The number of nitrogens with two attached hydrogens (primary N) is 1. The molecule has 0 aliphatic carbocycles. The summed E-state index contributed by atoms with van der Waals surface area (Å²) in [5, 5.41) is 1.55. The van der Waals surface area contributed by atoms with Gasteiger partial charge in [-0.3, -0.25) is 0 Å². The summed E-state index contributed by atoms with van der Waals surface area (Å²) in [7, 11) is 0. The molecule has 2 aromatic heterocycles. The minimum absolute atomic E-state index is 0.161. The van der Waals surface area contributed by atoms with E-state index in [4.69, 9.17) is 10.5 Å². The zero-order valence-electron chi connectivity index (χ0n) is 14.7. The SMILES string of the molecule is C=CCOC(=O)c1sc(-c2ccc3c(c2)c(N)cn3C(C)CF)nc1C. The normalized spacial score (nSPS) is 12.3. The van der Waals surface area contributed by atoms with Crippen LogP contribution in [-0.2, 0) is 4.74 Å². The number of alkyl halides is 1. The van der Waals surface area contributed by atoms with Gasteiger partial charge in [-0.2, -0.15) is 0 Å². The highest BCUT2D eigenvalue weighted by molar-refractivity contribution is 7.17. The summed E-state index contributed by atoms with van der Waals surface area (Å²) in [5.74, 6) is -0.408. The number of carbonyl (C=O) groups excluding carboxylic acids is 1. The lowest BCUT2D eigenvalue weighted by Gasteiger charge is -2.10. The molecule has 0 bridgehead atoms. The molecule has 2 N–H and O–H groups in total. The lowest BCUT2D eigenvalue weighted by molar-refractivity contribution is 0.0554. The zero-order chi connectivity index (χ0) is 18.8. The summed E-state index contributed by atoms with van der Waals surface area (Å²) in [4.78, 5) is 17.0. The molecule has 136 valence electrons. The molecule has 2 heterocycles. The molecule has 1 aromatic carbocycles. The quantitative estimate of drug-likeness (QED) is 0.509. The second-order valence-electron chi connectivity index (χ2n) is 6.05. The highest BCUT2D eigenvalue weighted by Gasteiger charge is 2.18. The van der Waals surface area contributed by atoms with Gasteiger partial charge in [0.05, 0.1) is 22.9 Å². The summed E-state index contributed by atoms with van der Waals surface area (Å²) in [5.41, 5.74) is 9.04. The maximum absolute atomic E-state index is 13.0. The molecule has 3 rings (SSSR count). The third-order valence-corrected chi connectivity index (χ3v) is 5.31. The largest absolute Gasteiger partial charge is 0.457 e. The number of aromatic nitrogens is 2. The van der Waals surface area contributed by atoms with E-state index in [0.717, 1.165) is 16.5 Å². The van der Waals surface area contributed by atoms with Crippen molar-refractivity contribution < 1.29 is 13.9 Å². The fourth-order valence-electron chi connectivity index (χ4n) is 2.76. The van der Waals surface area contributed by atoms with Crippen LogP contribution in [0.1, 0.15) is 28.3 Å². The second-order valence-corrected chi connectivity index (χ2v) is 7.05. The molecule has 0 saturated heterocycles. The summed E-state index contributed by atoms with van der Waals surface area (Å²) >= 11 is 1.28. The van der Waals surface area contributed by atoms with Gasteiger partial charge in [-0.1, -0.05) is 12.7 Å². The summed E-state index contributed by atoms with van der Waals surface area (Å²) in [6.45, 7) is 6.81. The Labute approximate surface area is 154 Å². The zero-order valence-corrected chi connectivity index (χ0v) is 15.5. The first-order chi connectivity index (χ1) is 12.5. The van der Waals surface area contributed by atoms with E-state index in [1.807, 2.05) is 22.8 Å². The lowest BCUT2D eigenvalue weighted by Crippen LogP contribution is -2.05. The summed E-state index contributed by atoms with van der Waals surface area (Å²) in [6.07, 6.45) is 3.28. The number of nitrogens with zero attached hydrogens (tertiary/aromatic N) is 2. The smallest absolute Gasteiger partial charge is 0.350 e. The van der Waals surface area contributed by atoms with Crippen LogP contribution >= 0.6 is 11.3 Å². The Hall–Kier alpha value is -2.67. The number of fused-ring (bicyclic) bond motifs is 1. The van der Waals surface area contributed by atoms with E-state index in [-0.39, 0.29) is 12.6 Å². The molecule has 5 nitrogen and oxygen atoms in total. The van der Waals surface area contributed by atoms with Crippen LogP contribution in [0, 0.1) is 6.92 Å². The van der Waals surface area contributed by atoms with Crippen molar-refractivity contribution in [2.24, 2.45) is 0 Å². The average Bonchev–Trinajstić information content (AvgIpc) is 3.19. The monoisotopic (exact) mass is 373 g/mol. The first kappa shape index (κ1) is 18.1. The molecule has 0 fully saturated rings. The fraction of sp³-hybridized carbons (Fsp3) is 0.263. The maximum Gasteiger partial charge on any atom is 0.350 e. The van der Waals surface area contributed by atoms with E-state index in [1.54, 1.807) is 20.0 Å². The van der Waals surface area contributed by atoms with E-state index in [0.29, 0.717) is 21.3 Å². The van der Waals surface area contributed by atoms with Crippen molar-refractivity contribution in [1.29, 1.82) is 0 Å². The standard InChI is InChI=1S/C19H20FN3O2S/c1-4-7-25-19(24)17-12(3)22-18(26-17)13-5-6-16-14(8-13)15(21)10-23(16)11(2)9-20/h4-6,8,10-11H,1,7,9,21H2,2-3H3. The van der Waals surface area contributed by atoms with E-state index < -0.39 is 12.6 Å². The second kappa shape index (κ2) is 7.29. The molecule has 0 amide bonds. The minimum Gasteiger partial charge on any atom is -0.457 e. The van der Waals surface area contributed by atoms with E-state index in [1.165, 1.54) is 17.4 Å². The van der Waals surface area contributed by atoms with Crippen molar-refractivity contribution >= 4 is 33.9 Å². The van der Waals surface area contributed by atoms with Crippen molar-refractivity contribution in [3.8, 4) is 10.6 Å². The maximum atomic E-state index is 13.0. The number of hydrogen-bond acceptors (Lipinski definition) is 5. The van der Waals surface area contributed by atoms with Crippen LogP contribution in [0.3, 0.4) is 0 Å². The van der Waals surface area contributed by atoms with Crippen molar-refractivity contribution in [2.45, 2.75) is 19.9 Å². The molecule has 1 atom stereocenters. The Kier molecular flexibility index (Phi) is 5.08. The third kappa shape index (κ3) is 3.22. The van der Waals surface area contributed by atoms with Gasteiger partial charge in [0, 0.05) is 17.1 Å². The molecule has 26 heavy (non-hydrogen) atoms. The minimum atomic E-state index is -0.465. The molecule has 0 saturated carbocycles. The van der Waals surface area contributed by atoms with Gasteiger partial charge in [-0.25, -0.2) is 14.2 Å². The van der Waals surface area contributed by atoms with E-state index >= 15 is 0 Å². The number of esters is 1. The number of hydrogen-bond donors (Lipinski definition) is 1. The molecule has 0 radical (unpaired) electrons. The number of benzene rings is 1. The molecule has 0 spiro atoms. The van der Waals surface area contributed by atoms with E-state index in [9.17, 15) is 9.18 Å². The van der Waals surface area contributed by atoms with Crippen LogP contribution < -0.4 is 5.73 Å². The topological polar surface area (TPSA) is 70.1 Å². The first-order valence-corrected chi connectivity index (χ1v) is 8.99. The summed E-state index contributed by atoms with van der Waals surface area (Å²) < 4.78 is 20.0. The fourth-order valence-corrected chi connectivity index (χ4v) is 3.72. The summed E-state index contributed by atoms with van der Waals surface area (Å²) in [6, 6.07) is 5.44. The number of anilines is 1. The molecule has 1 unspecified atom stereocenters. The number of rotatable bonds is 6. The van der Waals surface area contributed by atoms with Crippen molar-refractivity contribution in [2.75, 3.05) is 19.0 Å². The van der Waals surface area contributed by atoms with Crippen molar-refractivity contribution in [1.82, 2.24) is 9.55 Å². The molecular weight excluding hydrogens is 353 g/mol. The Morgan fingerprint density at radius 3 is 3.00 bits per heavy atom. The molecule has 0 aliphatic heterocycles. The number of nitrogen functional groups attached to an aromatic ring is 1. The van der Waals surface area contributed by atoms with E-state index in [2.05, 4.69) is 11.6 Å². The van der Waals surface area contributed by atoms with Gasteiger partial charge in [-0.05, 0) is 32.0 Å². The van der Waals surface area contributed by atoms with Gasteiger partial charge in [0.2, 0.25) is 0 Å². The van der Waals surface area contributed by atoms with Crippen LogP contribution in [0.25, 0.3) is 21.5 Å². The molecule has 0 aliphatic rings. The van der Waals surface area contributed by atoms with Gasteiger partial charge in [0.25, 0.3) is 0 Å². The third-order valence-electron chi connectivity index (χ3n) is 4.12. The van der Waals surface area contributed by atoms with Gasteiger partial charge in [0.1, 0.15) is 23.2 Å². The highest BCUT2D eigenvalue weighted by Crippen LogP contribution is 2.34.